The van der Waals surface area contributed by atoms with E-state index >= 15 is 0 Å². The van der Waals surface area contributed by atoms with Crippen molar-refractivity contribution in [3.8, 4) is 0 Å². The maximum absolute atomic E-state index is 12.3. The maximum Gasteiger partial charge on any atom is 0.328 e. The molecule has 0 saturated heterocycles. The number of methoxy groups -OCH3 is 1. The van der Waals surface area contributed by atoms with Crippen LogP contribution in [0.3, 0.4) is 0 Å². The number of hydrogen-bond donors (Lipinski definition) is 1. The molecule has 1 atom stereocenters. The van der Waals surface area contributed by atoms with Crippen molar-refractivity contribution in [3.05, 3.63) is 0 Å². The smallest absolute Gasteiger partial charge is 0.328 e. The fourth-order valence-electron chi connectivity index (χ4n) is 2.71. The van der Waals surface area contributed by atoms with Crippen LogP contribution in [-0.2, 0) is 14.3 Å². The highest BCUT2D eigenvalue weighted by atomic mass is 16.5. The summed E-state index contributed by atoms with van der Waals surface area (Å²) in [6.45, 7) is 12.1. The monoisotopic (exact) mass is 255 g/mol. The molecule has 1 aliphatic carbocycles. The standard InChI is InChI=1S/C14H25NO3/c1-8(2)9(12(17)18-7)15-11(16)10-13(3,4)14(10,5)6/h8-10H,1-7H3,(H,15,16). The molecule has 0 bridgehead atoms. The van der Waals surface area contributed by atoms with Crippen LogP contribution < -0.4 is 5.32 Å². The van der Waals surface area contributed by atoms with E-state index in [9.17, 15) is 9.59 Å². The van der Waals surface area contributed by atoms with Crippen LogP contribution in [0.1, 0.15) is 41.5 Å². The number of amides is 1. The minimum absolute atomic E-state index is 0.0191. The second-order valence-corrected chi connectivity index (χ2v) is 6.63. The van der Waals surface area contributed by atoms with Crippen molar-refractivity contribution in [2.75, 3.05) is 7.11 Å². The Morgan fingerprint density at radius 1 is 1.11 bits per heavy atom. The minimum Gasteiger partial charge on any atom is -0.467 e. The molecule has 1 amide bonds. The molecule has 1 N–H and O–H groups in total. The average Bonchev–Trinajstić information content (AvgIpc) is 2.64. The van der Waals surface area contributed by atoms with E-state index in [0.29, 0.717) is 0 Å². The lowest BCUT2D eigenvalue weighted by molar-refractivity contribution is -0.146. The molecule has 4 heteroatoms. The van der Waals surface area contributed by atoms with Crippen LogP contribution >= 0.6 is 0 Å². The Hall–Kier alpha value is -1.06. The molecule has 0 aliphatic heterocycles. The van der Waals surface area contributed by atoms with Gasteiger partial charge in [0.1, 0.15) is 6.04 Å². The Labute approximate surface area is 109 Å². The summed E-state index contributed by atoms with van der Waals surface area (Å²) in [5, 5.41) is 2.83. The predicted octanol–water partition coefficient (Wildman–Crippen LogP) is 1.98. The largest absolute Gasteiger partial charge is 0.467 e. The van der Waals surface area contributed by atoms with Crippen molar-refractivity contribution >= 4 is 11.9 Å². The molecule has 1 aliphatic rings. The van der Waals surface area contributed by atoms with Crippen molar-refractivity contribution in [1.29, 1.82) is 0 Å². The first-order chi connectivity index (χ1) is 8.07. The second kappa shape index (κ2) is 4.56. The van der Waals surface area contributed by atoms with Crippen molar-refractivity contribution in [2.45, 2.75) is 47.6 Å². The first-order valence-corrected chi connectivity index (χ1v) is 6.45. The van der Waals surface area contributed by atoms with Gasteiger partial charge in [0.25, 0.3) is 0 Å². The molecule has 0 spiro atoms. The van der Waals surface area contributed by atoms with E-state index in [0.717, 1.165) is 0 Å². The number of esters is 1. The zero-order valence-corrected chi connectivity index (χ0v) is 12.5. The van der Waals surface area contributed by atoms with Gasteiger partial charge >= 0.3 is 5.97 Å². The summed E-state index contributed by atoms with van der Waals surface area (Å²) in [7, 11) is 1.34. The number of hydrogen-bond acceptors (Lipinski definition) is 3. The van der Waals surface area contributed by atoms with E-state index in [2.05, 4.69) is 33.0 Å². The Morgan fingerprint density at radius 2 is 1.56 bits per heavy atom. The molecule has 1 fully saturated rings. The Kier molecular flexibility index (Phi) is 3.80. The summed E-state index contributed by atoms with van der Waals surface area (Å²) in [4.78, 5) is 23.9. The Morgan fingerprint density at radius 3 is 1.83 bits per heavy atom. The van der Waals surface area contributed by atoms with Crippen LogP contribution in [0.15, 0.2) is 0 Å². The topological polar surface area (TPSA) is 55.4 Å². The zero-order chi connectivity index (χ0) is 14.3. The molecule has 1 saturated carbocycles. The zero-order valence-electron chi connectivity index (χ0n) is 12.5. The third-order valence-electron chi connectivity index (χ3n) is 4.70. The number of ether oxygens (including phenoxy) is 1. The SMILES string of the molecule is COC(=O)C(NC(=O)C1C(C)(C)C1(C)C)C(C)C. The number of carbonyl (C=O) groups is 2. The lowest BCUT2D eigenvalue weighted by atomic mass is 10.0. The highest BCUT2D eigenvalue weighted by Gasteiger charge is 2.68. The van der Waals surface area contributed by atoms with E-state index in [4.69, 9.17) is 4.74 Å². The van der Waals surface area contributed by atoms with Gasteiger partial charge in [-0.2, -0.15) is 0 Å². The van der Waals surface area contributed by atoms with Gasteiger partial charge in [-0.15, -0.1) is 0 Å². The van der Waals surface area contributed by atoms with Crippen LogP contribution in [0.4, 0.5) is 0 Å². The summed E-state index contributed by atoms with van der Waals surface area (Å²) in [5.74, 6) is -0.453. The van der Waals surface area contributed by atoms with Crippen molar-refractivity contribution < 1.29 is 14.3 Å². The quantitative estimate of drug-likeness (QED) is 0.782. The lowest BCUT2D eigenvalue weighted by Crippen LogP contribution is -2.46. The van der Waals surface area contributed by atoms with Crippen LogP contribution in [-0.4, -0.2) is 25.0 Å². The van der Waals surface area contributed by atoms with Crippen LogP contribution in [0.25, 0.3) is 0 Å². The van der Waals surface area contributed by atoms with Gasteiger partial charge in [-0.1, -0.05) is 41.5 Å². The number of carbonyl (C=O) groups excluding carboxylic acids is 2. The van der Waals surface area contributed by atoms with Gasteiger partial charge in [-0.05, 0) is 16.7 Å². The molecule has 0 aromatic heterocycles. The Bertz CT molecular complexity index is 344. The minimum atomic E-state index is -0.560. The maximum atomic E-state index is 12.3. The fraction of sp³-hybridized carbons (Fsp3) is 0.857. The van der Waals surface area contributed by atoms with Gasteiger partial charge in [-0.3, -0.25) is 4.79 Å². The van der Waals surface area contributed by atoms with Gasteiger partial charge in [0.05, 0.1) is 7.11 Å². The van der Waals surface area contributed by atoms with Crippen molar-refractivity contribution in [2.24, 2.45) is 22.7 Å². The molecule has 0 aromatic rings. The van der Waals surface area contributed by atoms with E-state index in [1.807, 2.05) is 13.8 Å². The molecule has 1 rings (SSSR count). The number of rotatable bonds is 4. The molecule has 18 heavy (non-hydrogen) atoms. The normalized spacial score (nSPS) is 22.4. The van der Waals surface area contributed by atoms with Gasteiger partial charge in [0.15, 0.2) is 0 Å². The summed E-state index contributed by atoms with van der Waals surface area (Å²) in [5.41, 5.74) is -0.0382. The highest BCUT2D eigenvalue weighted by Crippen LogP contribution is 2.68. The predicted molar refractivity (Wildman–Crippen MR) is 69.8 cm³/mol. The summed E-state index contributed by atoms with van der Waals surface area (Å²) in [6, 6.07) is -0.560. The average molecular weight is 255 g/mol. The second-order valence-electron chi connectivity index (χ2n) is 6.63. The van der Waals surface area contributed by atoms with Gasteiger partial charge < -0.3 is 10.1 Å². The summed E-state index contributed by atoms with van der Waals surface area (Å²) >= 11 is 0. The Balaban J connectivity index is 2.73. The van der Waals surface area contributed by atoms with E-state index in [1.165, 1.54) is 7.11 Å². The third kappa shape index (κ3) is 2.25. The first-order valence-electron chi connectivity index (χ1n) is 6.45. The lowest BCUT2D eigenvalue weighted by Gasteiger charge is -2.20. The molecular formula is C14H25NO3. The first kappa shape index (κ1) is 15.0. The van der Waals surface area contributed by atoms with E-state index in [-0.39, 0.29) is 34.5 Å². The molecular weight excluding hydrogens is 230 g/mol. The van der Waals surface area contributed by atoms with Crippen molar-refractivity contribution in [3.63, 3.8) is 0 Å². The van der Waals surface area contributed by atoms with E-state index < -0.39 is 6.04 Å². The third-order valence-corrected chi connectivity index (χ3v) is 4.70. The van der Waals surface area contributed by atoms with Gasteiger partial charge in [0, 0.05) is 5.92 Å². The van der Waals surface area contributed by atoms with Gasteiger partial charge in [0.2, 0.25) is 5.91 Å². The summed E-state index contributed by atoms with van der Waals surface area (Å²) < 4.78 is 4.72. The van der Waals surface area contributed by atoms with Gasteiger partial charge in [-0.25, -0.2) is 4.79 Å². The fourth-order valence-corrected chi connectivity index (χ4v) is 2.71. The van der Waals surface area contributed by atoms with Crippen LogP contribution in [0.2, 0.25) is 0 Å². The number of nitrogens with one attached hydrogen (secondary N) is 1. The molecule has 4 nitrogen and oxygen atoms in total. The molecule has 0 heterocycles. The summed E-state index contributed by atoms with van der Waals surface area (Å²) in [6.07, 6.45) is 0. The van der Waals surface area contributed by atoms with Crippen molar-refractivity contribution in [1.82, 2.24) is 5.32 Å². The molecule has 104 valence electrons. The van der Waals surface area contributed by atoms with Crippen LogP contribution in [0, 0.1) is 22.7 Å². The van der Waals surface area contributed by atoms with E-state index in [1.54, 1.807) is 0 Å². The molecule has 0 aromatic carbocycles. The van der Waals surface area contributed by atoms with Crippen LogP contribution in [0.5, 0.6) is 0 Å². The highest BCUT2D eigenvalue weighted by molar-refractivity contribution is 5.89. The molecule has 1 unspecified atom stereocenters. The molecule has 0 radical (unpaired) electrons.